The van der Waals surface area contributed by atoms with Crippen molar-refractivity contribution in [2.75, 3.05) is 6.61 Å². The lowest BCUT2D eigenvalue weighted by Gasteiger charge is -2.24. The number of hydrogen-bond donors (Lipinski definition) is 2. The van der Waals surface area contributed by atoms with Crippen LogP contribution in [0.5, 0.6) is 5.75 Å². The Balaban J connectivity index is 1.91. The molecule has 2 N–H and O–H groups in total. The van der Waals surface area contributed by atoms with Gasteiger partial charge in [-0.2, -0.15) is 0 Å². The quantitative estimate of drug-likeness (QED) is 0.764. The molecule has 1 fully saturated rings. The van der Waals surface area contributed by atoms with Gasteiger partial charge in [-0.05, 0) is 30.9 Å². The summed E-state index contributed by atoms with van der Waals surface area (Å²) in [4.78, 5) is 12.2. The molecule has 0 heterocycles. The van der Waals surface area contributed by atoms with Crippen LogP contribution in [-0.4, -0.2) is 30.0 Å². The van der Waals surface area contributed by atoms with Crippen molar-refractivity contribution in [2.45, 2.75) is 57.3 Å². The summed E-state index contributed by atoms with van der Waals surface area (Å²) < 4.78 is 41.3. The van der Waals surface area contributed by atoms with Crippen LogP contribution in [-0.2, 0) is 11.2 Å². The number of amides is 1. The SMILES string of the molecule is O=C(CCc1ccccc1OC(F)(F)F)N[C@H]1CCCCC[C@@H]1CO. The Labute approximate surface area is 145 Å². The number of rotatable bonds is 6. The first-order valence-corrected chi connectivity index (χ1v) is 8.63. The summed E-state index contributed by atoms with van der Waals surface area (Å²) in [5.41, 5.74) is 0.342. The molecule has 0 spiro atoms. The lowest BCUT2D eigenvalue weighted by molar-refractivity contribution is -0.274. The molecule has 0 bridgehead atoms. The van der Waals surface area contributed by atoms with Gasteiger partial charge >= 0.3 is 6.36 Å². The van der Waals surface area contributed by atoms with Crippen molar-refractivity contribution in [3.05, 3.63) is 29.8 Å². The van der Waals surface area contributed by atoms with Gasteiger partial charge in [0.1, 0.15) is 5.75 Å². The molecule has 1 saturated carbocycles. The van der Waals surface area contributed by atoms with Gasteiger partial charge in [-0.25, -0.2) is 0 Å². The summed E-state index contributed by atoms with van der Waals surface area (Å²) in [6, 6.07) is 5.78. The monoisotopic (exact) mass is 359 g/mol. The van der Waals surface area contributed by atoms with Crippen LogP contribution < -0.4 is 10.1 Å². The summed E-state index contributed by atoms with van der Waals surface area (Å²) >= 11 is 0. The molecule has 2 rings (SSSR count). The van der Waals surface area contributed by atoms with Gasteiger partial charge in [0.2, 0.25) is 5.91 Å². The molecule has 1 amide bonds. The maximum atomic E-state index is 12.4. The molecule has 25 heavy (non-hydrogen) atoms. The van der Waals surface area contributed by atoms with Crippen LogP contribution in [0.4, 0.5) is 13.2 Å². The molecule has 0 aliphatic heterocycles. The lowest BCUT2D eigenvalue weighted by Crippen LogP contribution is -2.41. The number of hydrogen-bond acceptors (Lipinski definition) is 3. The van der Waals surface area contributed by atoms with E-state index in [1.165, 1.54) is 18.2 Å². The minimum Gasteiger partial charge on any atom is -0.406 e. The van der Waals surface area contributed by atoms with E-state index in [9.17, 15) is 23.1 Å². The van der Waals surface area contributed by atoms with Crippen LogP contribution in [0.3, 0.4) is 0 Å². The second-order valence-electron chi connectivity index (χ2n) is 6.41. The van der Waals surface area contributed by atoms with Crippen molar-refractivity contribution >= 4 is 5.91 Å². The van der Waals surface area contributed by atoms with Crippen molar-refractivity contribution in [3.8, 4) is 5.75 Å². The van der Waals surface area contributed by atoms with Gasteiger partial charge in [0, 0.05) is 25.0 Å². The van der Waals surface area contributed by atoms with Crippen molar-refractivity contribution in [2.24, 2.45) is 5.92 Å². The van der Waals surface area contributed by atoms with Crippen LogP contribution in [0.25, 0.3) is 0 Å². The highest BCUT2D eigenvalue weighted by molar-refractivity contribution is 5.76. The number of para-hydroxylation sites is 1. The average Bonchev–Trinajstić information content (AvgIpc) is 2.77. The minimum absolute atomic E-state index is 0.0349. The first kappa shape index (κ1) is 19.6. The number of aliphatic hydroxyl groups excluding tert-OH is 1. The molecule has 0 saturated heterocycles. The Morgan fingerprint density at radius 2 is 1.92 bits per heavy atom. The summed E-state index contributed by atoms with van der Waals surface area (Å²) in [5.74, 6) is -0.440. The van der Waals surface area contributed by atoms with Crippen LogP contribution in [0.2, 0.25) is 0 Å². The number of halogens is 3. The number of benzene rings is 1. The molecule has 7 heteroatoms. The highest BCUT2D eigenvalue weighted by Crippen LogP contribution is 2.27. The minimum atomic E-state index is -4.76. The predicted molar refractivity (Wildman–Crippen MR) is 87.0 cm³/mol. The second kappa shape index (κ2) is 9.08. The van der Waals surface area contributed by atoms with Crippen LogP contribution in [0.15, 0.2) is 24.3 Å². The fraction of sp³-hybridized carbons (Fsp3) is 0.611. The first-order chi connectivity index (χ1) is 11.9. The molecule has 2 atom stereocenters. The van der Waals surface area contributed by atoms with E-state index in [4.69, 9.17) is 0 Å². The van der Waals surface area contributed by atoms with Gasteiger partial charge in [0.05, 0.1) is 0 Å². The standard InChI is InChI=1S/C18H24F3NO3/c19-18(20,21)25-16-9-5-4-6-13(16)10-11-17(24)22-15-8-3-1-2-7-14(15)12-23/h4-6,9,14-15,23H,1-3,7-8,10-12H2,(H,22,24)/t14-,15+/m1/s1. The van der Waals surface area contributed by atoms with E-state index in [0.717, 1.165) is 32.1 Å². The van der Waals surface area contributed by atoms with E-state index in [2.05, 4.69) is 10.1 Å². The molecule has 1 aromatic rings. The molecule has 140 valence electrons. The maximum Gasteiger partial charge on any atom is 0.573 e. The largest absolute Gasteiger partial charge is 0.573 e. The van der Waals surface area contributed by atoms with Crippen LogP contribution in [0, 0.1) is 5.92 Å². The molecule has 0 aromatic heterocycles. The zero-order valence-corrected chi connectivity index (χ0v) is 14.0. The maximum absolute atomic E-state index is 12.4. The topological polar surface area (TPSA) is 58.6 Å². The van der Waals surface area contributed by atoms with Gasteiger partial charge < -0.3 is 15.2 Å². The van der Waals surface area contributed by atoms with E-state index < -0.39 is 6.36 Å². The normalized spacial score (nSPS) is 21.4. The number of aryl methyl sites for hydroxylation is 1. The molecule has 1 aliphatic carbocycles. The fourth-order valence-electron chi connectivity index (χ4n) is 3.25. The highest BCUT2D eigenvalue weighted by Gasteiger charge is 2.32. The Morgan fingerprint density at radius 3 is 2.64 bits per heavy atom. The van der Waals surface area contributed by atoms with Crippen molar-refractivity contribution in [1.29, 1.82) is 0 Å². The van der Waals surface area contributed by atoms with Crippen molar-refractivity contribution in [1.82, 2.24) is 5.32 Å². The van der Waals surface area contributed by atoms with Gasteiger partial charge in [-0.15, -0.1) is 13.2 Å². The zero-order valence-electron chi connectivity index (χ0n) is 14.0. The van der Waals surface area contributed by atoms with Gasteiger partial charge in [0.15, 0.2) is 0 Å². The summed E-state index contributed by atoms with van der Waals surface area (Å²) in [7, 11) is 0. The molecular formula is C18H24F3NO3. The van der Waals surface area contributed by atoms with Crippen molar-refractivity contribution in [3.63, 3.8) is 0 Å². The zero-order chi connectivity index (χ0) is 18.3. The molecule has 0 radical (unpaired) electrons. The molecule has 1 aliphatic rings. The Hall–Kier alpha value is -1.76. The third-order valence-corrected chi connectivity index (χ3v) is 4.56. The predicted octanol–water partition coefficient (Wildman–Crippen LogP) is 3.58. The van der Waals surface area contributed by atoms with Gasteiger partial charge in [0.25, 0.3) is 0 Å². The van der Waals surface area contributed by atoms with E-state index in [0.29, 0.717) is 5.56 Å². The van der Waals surface area contributed by atoms with Crippen LogP contribution >= 0.6 is 0 Å². The van der Waals surface area contributed by atoms with E-state index >= 15 is 0 Å². The van der Waals surface area contributed by atoms with E-state index in [1.807, 2.05) is 0 Å². The number of carbonyl (C=O) groups is 1. The van der Waals surface area contributed by atoms with Gasteiger partial charge in [-0.3, -0.25) is 4.79 Å². The first-order valence-electron chi connectivity index (χ1n) is 8.63. The summed E-state index contributed by atoms with van der Waals surface area (Å²) in [5, 5.41) is 12.4. The smallest absolute Gasteiger partial charge is 0.406 e. The number of carbonyl (C=O) groups excluding carboxylic acids is 1. The van der Waals surface area contributed by atoms with Gasteiger partial charge in [-0.1, -0.05) is 37.5 Å². The summed E-state index contributed by atoms with van der Waals surface area (Å²) in [6.45, 7) is 0.0349. The number of alkyl halides is 3. The Morgan fingerprint density at radius 1 is 1.20 bits per heavy atom. The molecule has 1 aromatic carbocycles. The fourth-order valence-corrected chi connectivity index (χ4v) is 3.25. The van der Waals surface area contributed by atoms with E-state index in [-0.39, 0.29) is 43.1 Å². The third kappa shape index (κ3) is 6.57. The summed E-state index contributed by atoms with van der Waals surface area (Å²) in [6.07, 6.45) is 0.317. The Bertz CT molecular complexity index is 563. The average molecular weight is 359 g/mol. The number of ether oxygens (including phenoxy) is 1. The number of aliphatic hydroxyl groups is 1. The second-order valence-corrected chi connectivity index (χ2v) is 6.41. The molecule has 4 nitrogen and oxygen atoms in total. The molecular weight excluding hydrogens is 335 g/mol. The lowest BCUT2D eigenvalue weighted by atomic mass is 9.95. The third-order valence-electron chi connectivity index (χ3n) is 4.56. The van der Waals surface area contributed by atoms with E-state index in [1.54, 1.807) is 6.07 Å². The van der Waals surface area contributed by atoms with Crippen molar-refractivity contribution < 1.29 is 27.8 Å². The number of nitrogens with one attached hydrogen (secondary N) is 1. The van der Waals surface area contributed by atoms with Crippen LogP contribution in [0.1, 0.15) is 44.1 Å². The Kier molecular flexibility index (Phi) is 7.11. The molecule has 0 unspecified atom stereocenters. The highest BCUT2D eigenvalue weighted by atomic mass is 19.4.